The van der Waals surface area contributed by atoms with E-state index >= 15 is 0 Å². The lowest BCUT2D eigenvalue weighted by Gasteiger charge is -2.29. The minimum Gasteiger partial charge on any atom is -0.493 e. The topological polar surface area (TPSA) is 83.7 Å². The number of aromatic nitrogens is 5. The molecule has 8 heteroatoms. The number of fused-ring (bicyclic) bond motifs is 6. The minimum atomic E-state index is -0.240. The van der Waals surface area contributed by atoms with Gasteiger partial charge in [-0.2, -0.15) is 0 Å². The van der Waals surface area contributed by atoms with E-state index in [1.54, 1.807) is 37.5 Å². The van der Waals surface area contributed by atoms with Gasteiger partial charge in [-0.25, -0.2) is 14.5 Å². The Balaban J connectivity index is 1.54. The smallest absolute Gasteiger partial charge is 0.228 e. The van der Waals surface area contributed by atoms with Crippen molar-refractivity contribution in [3.63, 3.8) is 0 Å². The molecule has 0 fully saturated rings. The van der Waals surface area contributed by atoms with Gasteiger partial charge < -0.3 is 14.2 Å². The first-order chi connectivity index (χ1) is 18.2. The molecule has 7 rings (SSSR count). The van der Waals surface area contributed by atoms with Crippen molar-refractivity contribution in [1.29, 1.82) is 0 Å². The van der Waals surface area contributed by atoms with Crippen LogP contribution in [0.15, 0.2) is 85.5 Å². The average molecular weight is 488 g/mol. The van der Waals surface area contributed by atoms with Gasteiger partial charge in [0, 0.05) is 29.4 Å². The summed E-state index contributed by atoms with van der Waals surface area (Å²) in [6.45, 7) is 0. The molecule has 0 spiro atoms. The summed E-state index contributed by atoms with van der Waals surface area (Å²) >= 11 is 0. The number of benzene rings is 3. The van der Waals surface area contributed by atoms with Gasteiger partial charge in [0.25, 0.3) is 0 Å². The van der Waals surface area contributed by atoms with Crippen LogP contribution < -0.4 is 14.2 Å². The summed E-state index contributed by atoms with van der Waals surface area (Å²) in [7, 11) is 3.27. The summed E-state index contributed by atoms with van der Waals surface area (Å²) in [6, 6.07) is 22.1. The van der Waals surface area contributed by atoms with E-state index in [1.165, 1.54) is 0 Å². The minimum absolute atomic E-state index is 0.240. The molecule has 3 aromatic carbocycles. The zero-order valence-corrected chi connectivity index (χ0v) is 20.1. The highest BCUT2D eigenvalue weighted by atomic mass is 16.5. The van der Waals surface area contributed by atoms with E-state index in [4.69, 9.17) is 24.3 Å². The standard InChI is InChI=1S/C29H21N5O3/c1-35-21-9-8-19(15-23(21)36-2)24-25-20-6-4-3-5-17(20)7-10-22(25)37-29-26(24)28-32-27(33-34(28)16-31-29)18-11-13-30-14-12-18/h3-16,24H,1-2H3/t24-/m0/s1. The third-order valence-electron chi connectivity index (χ3n) is 6.78. The van der Waals surface area contributed by atoms with Gasteiger partial charge in [-0.05, 0) is 46.7 Å². The molecule has 3 aromatic heterocycles. The monoisotopic (exact) mass is 487 g/mol. The molecule has 0 amide bonds. The molecule has 6 aromatic rings. The van der Waals surface area contributed by atoms with Crippen LogP contribution in [0.25, 0.3) is 27.8 Å². The quantitative estimate of drug-likeness (QED) is 0.318. The van der Waals surface area contributed by atoms with Crippen molar-refractivity contribution < 1.29 is 14.2 Å². The van der Waals surface area contributed by atoms with Crippen molar-refractivity contribution in [2.45, 2.75) is 5.92 Å². The van der Waals surface area contributed by atoms with Gasteiger partial charge in [0.2, 0.25) is 5.88 Å². The molecule has 0 bridgehead atoms. The third-order valence-corrected chi connectivity index (χ3v) is 6.78. The van der Waals surface area contributed by atoms with E-state index in [2.05, 4.69) is 34.2 Å². The lowest BCUT2D eigenvalue weighted by atomic mass is 9.81. The first-order valence-electron chi connectivity index (χ1n) is 11.8. The maximum absolute atomic E-state index is 6.40. The van der Waals surface area contributed by atoms with Gasteiger partial charge in [0.15, 0.2) is 23.0 Å². The lowest BCUT2D eigenvalue weighted by molar-refractivity contribution is 0.354. The second-order valence-corrected chi connectivity index (χ2v) is 8.75. The molecule has 180 valence electrons. The molecule has 0 N–H and O–H groups in total. The molecule has 1 atom stereocenters. The fraction of sp³-hybridized carbons (Fsp3) is 0.103. The van der Waals surface area contributed by atoms with Crippen molar-refractivity contribution in [3.8, 4) is 34.5 Å². The van der Waals surface area contributed by atoms with Gasteiger partial charge >= 0.3 is 0 Å². The summed E-state index contributed by atoms with van der Waals surface area (Å²) < 4.78 is 19.3. The maximum Gasteiger partial charge on any atom is 0.228 e. The number of pyridine rings is 1. The summed E-state index contributed by atoms with van der Waals surface area (Å²) in [5, 5.41) is 6.93. The molecule has 0 saturated heterocycles. The molecule has 1 aliphatic rings. The van der Waals surface area contributed by atoms with Crippen LogP contribution in [0, 0.1) is 0 Å². The number of rotatable bonds is 4. The van der Waals surface area contributed by atoms with Crippen LogP contribution in [0.4, 0.5) is 0 Å². The van der Waals surface area contributed by atoms with Gasteiger partial charge in [-0.15, -0.1) is 5.10 Å². The van der Waals surface area contributed by atoms with E-state index in [9.17, 15) is 0 Å². The predicted octanol–water partition coefficient (Wildman–Crippen LogP) is 5.64. The number of hydrogen-bond donors (Lipinski definition) is 0. The van der Waals surface area contributed by atoms with E-state index < -0.39 is 0 Å². The number of ether oxygens (including phenoxy) is 3. The van der Waals surface area contributed by atoms with Crippen molar-refractivity contribution in [3.05, 3.63) is 102 Å². The Morgan fingerprint density at radius 1 is 0.865 bits per heavy atom. The van der Waals surface area contributed by atoms with Gasteiger partial charge in [-0.1, -0.05) is 36.4 Å². The summed E-state index contributed by atoms with van der Waals surface area (Å²) in [5.74, 6) is 2.92. The molecule has 0 aliphatic carbocycles. The molecule has 8 nitrogen and oxygen atoms in total. The zero-order valence-electron chi connectivity index (χ0n) is 20.1. The average Bonchev–Trinajstić information content (AvgIpc) is 3.41. The zero-order chi connectivity index (χ0) is 24.9. The van der Waals surface area contributed by atoms with Crippen molar-refractivity contribution in [2.75, 3.05) is 14.2 Å². The van der Waals surface area contributed by atoms with Crippen LogP contribution in [0.5, 0.6) is 23.1 Å². The Labute approximate surface area is 212 Å². The Morgan fingerprint density at radius 2 is 1.70 bits per heavy atom. The highest BCUT2D eigenvalue weighted by Gasteiger charge is 2.35. The fourth-order valence-electron chi connectivity index (χ4n) is 5.09. The van der Waals surface area contributed by atoms with Gasteiger partial charge in [0.1, 0.15) is 12.1 Å². The van der Waals surface area contributed by atoms with Crippen LogP contribution in [-0.4, -0.2) is 38.8 Å². The molecule has 1 aliphatic heterocycles. The van der Waals surface area contributed by atoms with E-state index in [1.807, 2.05) is 42.5 Å². The van der Waals surface area contributed by atoms with Crippen molar-refractivity contribution in [2.24, 2.45) is 0 Å². The second kappa shape index (κ2) is 8.30. The molecule has 4 heterocycles. The Hall–Kier alpha value is -4.98. The molecule has 0 unspecified atom stereocenters. The van der Waals surface area contributed by atoms with Crippen LogP contribution in [0.1, 0.15) is 22.6 Å². The fourth-order valence-corrected chi connectivity index (χ4v) is 5.09. The van der Waals surface area contributed by atoms with E-state index in [-0.39, 0.29) is 5.92 Å². The Morgan fingerprint density at radius 3 is 2.54 bits per heavy atom. The summed E-state index contributed by atoms with van der Waals surface area (Å²) in [6.07, 6.45) is 5.10. The summed E-state index contributed by atoms with van der Waals surface area (Å²) in [5.41, 5.74) is 4.43. The molecule has 0 saturated carbocycles. The number of nitrogens with zero attached hydrogens (tertiary/aromatic N) is 5. The Bertz CT molecular complexity index is 1800. The molecule has 37 heavy (non-hydrogen) atoms. The maximum atomic E-state index is 6.40. The molecular weight excluding hydrogens is 466 g/mol. The first kappa shape index (κ1) is 21.3. The SMILES string of the molecule is COc1ccc([C@H]2c3c(ccc4ccccc34)Oc3ncn4nc(-c5ccncc5)nc4c32)cc1OC. The van der Waals surface area contributed by atoms with Crippen LogP contribution in [0.2, 0.25) is 0 Å². The lowest BCUT2D eigenvalue weighted by Crippen LogP contribution is -2.15. The number of hydrogen-bond acceptors (Lipinski definition) is 7. The van der Waals surface area contributed by atoms with Crippen molar-refractivity contribution in [1.82, 2.24) is 24.6 Å². The second-order valence-electron chi connectivity index (χ2n) is 8.75. The van der Waals surface area contributed by atoms with Gasteiger partial charge in [0.05, 0.1) is 19.8 Å². The molecule has 0 radical (unpaired) electrons. The largest absolute Gasteiger partial charge is 0.493 e. The highest BCUT2D eigenvalue weighted by molar-refractivity contribution is 5.91. The summed E-state index contributed by atoms with van der Waals surface area (Å²) in [4.78, 5) is 13.7. The van der Waals surface area contributed by atoms with Crippen molar-refractivity contribution >= 4 is 16.4 Å². The van der Waals surface area contributed by atoms with Crippen LogP contribution in [-0.2, 0) is 0 Å². The number of methoxy groups -OCH3 is 2. The van der Waals surface area contributed by atoms with E-state index in [0.29, 0.717) is 28.9 Å². The van der Waals surface area contributed by atoms with E-state index in [0.717, 1.165) is 38.8 Å². The van der Waals surface area contributed by atoms with Crippen LogP contribution >= 0.6 is 0 Å². The normalized spacial score (nSPS) is 14.2. The first-order valence-corrected chi connectivity index (χ1v) is 11.8. The predicted molar refractivity (Wildman–Crippen MR) is 139 cm³/mol. The third kappa shape index (κ3) is 3.30. The molecular formula is C29H21N5O3. The van der Waals surface area contributed by atoms with Crippen LogP contribution in [0.3, 0.4) is 0 Å². The Kier molecular flexibility index (Phi) is 4.78. The highest BCUT2D eigenvalue weighted by Crippen LogP contribution is 2.51. The van der Waals surface area contributed by atoms with Gasteiger partial charge in [-0.3, -0.25) is 4.98 Å².